The van der Waals surface area contributed by atoms with E-state index in [9.17, 15) is 5.11 Å². The lowest BCUT2D eigenvalue weighted by Gasteiger charge is -2.25. The molecule has 0 fully saturated rings. The summed E-state index contributed by atoms with van der Waals surface area (Å²) in [5.74, 6) is 1.38. The van der Waals surface area contributed by atoms with Crippen molar-refractivity contribution in [2.75, 3.05) is 0 Å². The molecule has 1 N–H and O–H groups in total. The number of aliphatic hydroxyl groups excluding tert-OH is 1. The highest BCUT2D eigenvalue weighted by molar-refractivity contribution is 4.69. The van der Waals surface area contributed by atoms with Crippen LogP contribution >= 0.6 is 0 Å². The van der Waals surface area contributed by atoms with Crippen LogP contribution in [-0.4, -0.2) is 11.2 Å². The van der Waals surface area contributed by atoms with Gasteiger partial charge in [0.2, 0.25) is 0 Å². The molecule has 2 atom stereocenters. The molecule has 0 saturated carbocycles. The summed E-state index contributed by atoms with van der Waals surface area (Å²) in [5.41, 5.74) is 0. The van der Waals surface area contributed by atoms with Gasteiger partial charge in [-0.2, -0.15) is 0 Å². The van der Waals surface area contributed by atoms with Crippen molar-refractivity contribution in [1.29, 1.82) is 0 Å². The van der Waals surface area contributed by atoms with Crippen molar-refractivity contribution < 1.29 is 5.11 Å². The third kappa shape index (κ3) is 2.70. The third-order valence-electron chi connectivity index (χ3n) is 2.27. The van der Waals surface area contributed by atoms with Gasteiger partial charge in [-0.1, -0.05) is 34.6 Å². The maximum Gasteiger partial charge on any atom is 0.0591 e. The SMILES string of the molecule is CC(C)[C@@H](C)[C@H](O)C(C)C. The highest BCUT2D eigenvalue weighted by atomic mass is 16.3. The van der Waals surface area contributed by atoms with Crippen LogP contribution in [0.5, 0.6) is 0 Å². The Kier molecular flexibility index (Phi) is 3.95. The predicted octanol–water partition coefficient (Wildman–Crippen LogP) is 2.30. The molecule has 0 aromatic carbocycles. The third-order valence-corrected chi connectivity index (χ3v) is 2.27. The lowest BCUT2D eigenvalue weighted by molar-refractivity contribution is 0.0517. The molecule has 10 heavy (non-hydrogen) atoms. The molecule has 0 unspecified atom stereocenters. The van der Waals surface area contributed by atoms with Gasteiger partial charge in [0, 0.05) is 0 Å². The molecule has 62 valence electrons. The molecule has 1 nitrogen and oxygen atoms in total. The van der Waals surface area contributed by atoms with Crippen LogP contribution in [0.25, 0.3) is 0 Å². The Morgan fingerprint density at radius 3 is 1.30 bits per heavy atom. The smallest absolute Gasteiger partial charge is 0.0591 e. The zero-order chi connectivity index (χ0) is 8.31. The van der Waals surface area contributed by atoms with Crippen molar-refractivity contribution in [3.8, 4) is 0 Å². The average Bonchev–Trinajstić information content (AvgIpc) is 1.84. The summed E-state index contributed by atoms with van der Waals surface area (Å²) in [6, 6.07) is 0. The van der Waals surface area contributed by atoms with E-state index in [2.05, 4.69) is 34.6 Å². The summed E-state index contributed by atoms with van der Waals surface area (Å²) in [7, 11) is 0. The van der Waals surface area contributed by atoms with Crippen LogP contribution in [0, 0.1) is 17.8 Å². The average molecular weight is 144 g/mol. The van der Waals surface area contributed by atoms with Crippen molar-refractivity contribution in [1.82, 2.24) is 0 Å². The number of hydrogen-bond donors (Lipinski definition) is 1. The van der Waals surface area contributed by atoms with Crippen molar-refractivity contribution in [3.63, 3.8) is 0 Å². The van der Waals surface area contributed by atoms with Crippen LogP contribution < -0.4 is 0 Å². The first kappa shape index (κ1) is 9.96. The molecule has 0 rings (SSSR count). The Balaban J connectivity index is 3.81. The molecule has 1 heteroatoms. The molecular weight excluding hydrogens is 124 g/mol. The minimum atomic E-state index is -0.139. The van der Waals surface area contributed by atoms with E-state index in [0.29, 0.717) is 17.8 Å². The largest absolute Gasteiger partial charge is 0.393 e. The van der Waals surface area contributed by atoms with Gasteiger partial charge in [-0.3, -0.25) is 0 Å². The molecule has 0 bridgehead atoms. The molecule has 0 radical (unpaired) electrons. The van der Waals surface area contributed by atoms with Gasteiger partial charge < -0.3 is 5.11 Å². The van der Waals surface area contributed by atoms with E-state index in [1.807, 2.05) is 0 Å². The fourth-order valence-electron chi connectivity index (χ4n) is 1.00. The number of hydrogen-bond acceptors (Lipinski definition) is 1. The Labute approximate surface area is 64.5 Å². The molecule has 0 aliphatic rings. The van der Waals surface area contributed by atoms with Crippen LogP contribution in [0.1, 0.15) is 34.6 Å². The van der Waals surface area contributed by atoms with Crippen LogP contribution in [-0.2, 0) is 0 Å². The summed E-state index contributed by atoms with van der Waals surface area (Å²) in [5, 5.41) is 9.57. The van der Waals surface area contributed by atoms with E-state index in [1.54, 1.807) is 0 Å². The summed E-state index contributed by atoms with van der Waals surface area (Å²) in [6.07, 6.45) is -0.139. The Morgan fingerprint density at radius 1 is 0.800 bits per heavy atom. The fourth-order valence-corrected chi connectivity index (χ4v) is 1.00. The molecule has 0 spiro atoms. The van der Waals surface area contributed by atoms with E-state index in [-0.39, 0.29) is 6.10 Å². The lowest BCUT2D eigenvalue weighted by Crippen LogP contribution is -2.27. The monoisotopic (exact) mass is 144 g/mol. The van der Waals surface area contributed by atoms with E-state index < -0.39 is 0 Å². The Bertz CT molecular complexity index is 74.7. The van der Waals surface area contributed by atoms with Gasteiger partial charge in [0.25, 0.3) is 0 Å². The van der Waals surface area contributed by atoms with E-state index >= 15 is 0 Å². The normalized spacial score (nSPS) is 18.0. The summed E-state index contributed by atoms with van der Waals surface area (Å²) < 4.78 is 0. The van der Waals surface area contributed by atoms with Crippen LogP contribution in [0.3, 0.4) is 0 Å². The molecule has 0 aliphatic heterocycles. The second-order valence-electron chi connectivity index (χ2n) is 3.84. The highest BCUT2D eigenvalue weighted by Gasteiger charge is 2.19. The number of aliphatic hydroxyl groups is 1. The lowest BCUT2D eigenvalue weighted by atomic mass is 9.86. The van der Waals surface area contributed by atoms with Crippen LogP contribution in [0.4, 0.5) is 0 Å². The second-order valence-corrected chi connectivity index (χ2v) is 3.84. The van der Waals surface area contributed by atoms with Gasteiger partial charge >= 0.3 is 0 Å². The zero-order valence-corrected chi connectivity index (χ0v) is 7.76. The Hall–Kier alpha value is -0.0400. The van der Waals surface area contributed by atoms with Crippen molar-refractivity contribution >= 4 is 0 Å². The summed E-state index contributed by atoms with van der Waals surface area (Å²) in [6.45, 7) is 10.5. The van der Waals surface area contributed by atoms with Gasteiger partial charge in [0.05, 0.1) is 6.10 Å². The maximum absolute atomic E-state index is 9.57. The van der Waals surface area contributed by atoms with Crippen molar-refractivity contribution in [2.24, 2.45) is 17.8 Å². The molecule has 0 heterocycles. The molecular formula is C9H20O. The zero-order valence-electron chi connectivity index (χ0n) is 7.76. The first-order valence-electron chi connectivity index (χ1n) is 4.14. The van der Waals surface area contributed by atoms with E-state index in [4.69, 9.17) is 0 Å². The fraction of sp³-hybridized carbons (Fsp3) is 1.00. The topological polar surface area (TPSA) is 20.2 Å². The minimum Gasteiger partial charge on any atom is -0.393 e. The van der Waals surface area contributed by atoms with Gasteiger partial charge in [-0.25, -0.2) is 0 Å². The van der Waals surface area contributed by atoms with Crippen LogP contribution in [0.2, 0.25) is 0 Å². The first-order valence-corrected chi connectivity index (χ1v) is 4.14. The summed E-state index contributed by atoms with van der Waals surface area (Å²) in [4.78, 5) is 0. The predicted molar refractivity (Wildman–Crippen MR) is 44.8 cm³/mol. The molecule has 0 aromatic heterocycles. The van der Waals surface area contributed by atoms with Gasteiger partial charge in [0.1, 0.15) is 0 Å². The van der Waals surface area contributed by atoms with Crippen molar-refractivity contribution in [2.45, 2.75) is 40.7 Å². The van der Waals surface area contributed by atoms with E-state index in [0.717, 1.165) is 0 Å². The Morgan fingerprint density at radius 2 is 1.20 bits per heavy atom. The molecule has 0 aliphatic carbocycles. The quantitative estimate of drug-likeness (QED) is 0.644. The van der Waals surface area contributed by atoms with Gasteiger partial charge in [-0.05, 0) is 17.8 Å². The molecule has 0 amide bonds. The second kappa shape index (κ2) is 3.97. The first-order chi connectivity index (χ1) is 4.46. The van der Waals surface area contributed by atoms with Gasteiger partial charge in [-0.15, -0.1) is 0 Å². The maximum atomic E-state index is 9.57. The van der Waals surface area contributed by atoms with Crippen LogP contribution in [0.15, 0.2) is 0 Å². The highest BCUT2D eigenvalue weighted by Crippen LogP contribution is 2.19. The van der Waals surface area contributed by atoms with Gasteiger partial charge in [0.15, 0.2) is 0 Å². The molecule has 0 saturated heterocycles. The standard InChI is InChI=1S/C9H20O/c1-6(2)8(5)9(10)7(3)4/h6-10H,1-5H3/t8-,9-/m1/s1. The summed E-state index contributed by atoms with van der Waals surface area (Å²) >= 11 is 0. The number of rotatable bonds is 3. The molecule has 0 aromatic rings. The minimum absolute atomic E-state index is 0.139. The van der Waals surface area contributed by atoms with Crippen molar-refractivity contribution in [3.05, 3.63) is 0 Å². The van der Waals surface area contributed by atoms with E-state index in [1.165, 1.54) is 0 Å².